The molecule has 1 aromatic carbocycles. The number of carbonyl (C=O) groups excluding carboxylic acids is 1. The number of rotatable bonds is 5. The number of aromatic nitrogens is 2. The lowest BCUT2D eigenvalue weighted by molar-refractivity contribution is 0.101. The quantitative estimate of drug-likeness (QED) is 0.845. The molecule has 0 aliphatic heterocycles. The molecule has 2 aromatic rings. The van der Waals surface area contributed by atoms with Gasteiger partial charge in [0.2, 0.25) is 10.0 Å². The van der Waals surface area contributed by atoms with Gasteiger partial charge in [-0.05, 0) is 38.1 Å². The summed E-state index contributed by atoms with van der Waals surface area (Å²) in [6.07, 6.45) is 0. The third-order valence-electron chi connectivity index (χ3n) is 2.87. The second-order valence-corrected chi connectivity index (χ2v) is 6.34. The van der Waals surface area contributed by atoms with Gasteiger partial charge in [0.15, 0.2) is 5.78 Å². The number of hydrogen-bond donors (Lipinski definition) is 1. The molecular weight excluding hydrogens is 290 g/mol. The predicted molar refractivity (Wildman–Crippen MR) is 77.2 cm³/mol. The van der Waals surface area contributed by atoms with E-state index in [-0.39, 0.29) is 17.2 Å². The average Bonchev–Trinajstić information content (AvgIpc) is 2.47. The lowest BCUT2D eigenvalue weighted by atomic mass is 10.2. The number of ketones is 1. The molecule has 110 valence electrons. The highest BCUT2D eigenvalue weighted by molar-refractivity contribution is 7.89. The van der Waals surface area contributed by atoms with Gasteiger partial charge in [0, 0.05) is 5.56 Å². The molecule has 0 saturated carbocycles. The van der Waals surface area contributed by atoms with Crippen molar-refractivity contribution in [2.75, 3.05) is 0 Å². The Morgan fingerprint density at radius 1 is 1.10 bits per heavy atom. The summed E-state index contributed by atoms with van der Waals surface area (Å²) in [6, 6.07) is 9.26. The summed E-state index contributed by atoms with van der Waals surface area (Å²) in [5.41, 5.74) is 1.77. The van der Waals surface area contributed by atoms with E-state index < -0.39 is 10.0 Å². The van der Waals surface area contributed by atoms with Crippen molar-refractivity contribution in [3.8, 4) is 0 Å². The molecule has 1 heterocycles. The van der Waals surface area contributed by atoms with Gasteiger partial charge < -0.3 is 0 Å². The molecule has 0 spiro atoms. The fourth-order valence-corrected chi connectivity index (χ4v) is 2.64. The van der Waals surface area contributed by atoms with Gasteiger partial charge in [-0.25, -0.2) is 13.1 Å². The van der Waals surface area contributed by atoms with Gasteiger partial charge in [0.05, 0.1) is 22.8 Å². The fourth-order valence-electron chi connectivity index (χ4n) is 1.64. The summed E-state index contributed by atoms with van der Waals surface area (Å²) in [5, 5.41) is 7.75. The van der Waals surface area contributed by atoms with Gasteiger partial charge in [-0.2, -0.15) is 10.2 Å². The molecule has 0 radical (unpaired) electrons. The van der Waals surface area contributed by atoms with Crippen molar-refractivity contribution in [2.24, 2.45) is 0 Å². The van der Waals surface area contributed by atoms with Crippen molar-refractivity contribution < 1.29 is 13.2 Å². The molecule has 6 nitrogen and oxygen atoms in total. The molecule has 0 bridgehead atoms. The highest BCUT2D eigenvalue weighted by atomic mass is 32.2. The van der Waals surface area contributed by atoms with Crippen molar-refractivity contribution in [1.29, 1.82) is 0 Å². The Balaban J connectivity index is 2.11. The maximum absolute atomic E-state index is 12.1. The van der Waals surface area contributed by atoms with Gasteiger partial charge in [-0.3, -0.25) is 4.79 Å². The van der Waals surface area contributed by atoms with E-state index in [0.717, 1.165) is 5.69 Å². The number of benzene rings is 1. The van der Waals surface area contributed by atoms with Crippen LogP contribution in [0, 0.1) is 6.92 Å². The second-order valence-electron chi connectivity index (χ2n) is 4.57. The van der Waals surface area contributed by atoms with E-state index >= 15 is 0 Å². The Bertz CT molecular complexity index is 738. The van der Waals surface area contributed by atoms with Crippen LogP contribution in [0.3, 0.4) is 0 Å². The average molecular weight is 305 g/mol. The molecule has 7 heteroatoms. The highest BCUT2D eigenvalue weighted by Gasteiger charge is 2.14. The zero-order valence-electron chi connectivity index (χ0n) is 11.7. The molecule has 1 N–H and O–H groups in total. The first kappa shape index (κ1) is 15.3. The van der Waals surface area contributed by atoms with E-state index in [1.54, 1.807) is 19.1 Å². The van der Waals surface area contributed by atoms with Crippen LogP contribution in [0.2, 0.25) is 0 Å². The third kappa shape index (κ3) is 3.93. The fraction of sp³-hybridized carbons (Fsp3) is 0.214. The van der Waals surface area contributed by atoms with Crippen molar-refractivity contribution >= 4 is 15.8 Å². The Morgan fingerprint density at radius 2 is 1.76 bits per heavy atom. The van der Waals surface area contributed by atoms with Crippen molar-refractivity contribution in [3.63, 3.8) is 0 Å². The van der Waals surface area contributed by atoms with Crippen LogP contribution in [0.1, 0.15) is 28.7 Å². The van der Waals surface area contributed by atoms with E-state index in [0.29, 0.717) is 11.3 Å². The van der Waals surface area contributed by atoms with Crippen LogP contribution in [0.25, 0.3) is 0 Å². The minimum Gasteiger partial charge on any atom is -0.295 e. The third-order valence-corrected chi connectivity index (χ3v) is 4.28. The molecule has 0 atom stereocenters. The molecule has 21 heavy (non-hydrogen) atoms. The molecular formula is C14H15N3O3S. The SMILES string of the molecule is CC(=O)c1ccc(S(=O)(=O)NCc2ccc(C)nn2)cc1. The van der Waals surface area contributed by atoms with E-state index in [9.17, 15) is 13.2 Å². The molecule has 0 fully saturated rings. The Kier molecular flexibility index (Phi) is 4.44. The van der Waals surface area contributed by atoms with E-state index in [1.165, 1.54) is 31.2 Å². The summed E-state index contributed by atoms with van der Waals surface area (Å²) in [6.45, 7) is 3.29. The molecule has 0 amide bonds. The number of sulfonamides is 1. The largest absolute Gasteiger partial charge is 0.295 e. The number of Topliss-reactive ketones (excluding diaryl/α,β-unsaturated/α-hetero) is 1. The van der Waals surface area contributed by atoms with Crippen LogP contribution >= 0.6 is 0 Å². The zero-order chi connectivity index (χ0) is 15.5. The van der Waals surface area contributed by atoms with E-state index in [1.807, 2.05) is 0 Å². The summed E-state index contributed by atoms with van der Waals surface area (Å²) in [7, 11) is -3.64. The molecule has 2 rings (SSSR count). The monoisotopic (exact) mass is 305 g/mol. The van der Waals surface area contributed by atoms with Gasteiger partial charge in [0.25, 0.3) is 0 Å². The summed E-state index contributed by atoms with van der Waals surface area (Å²) in [5.74, 6) is -0.109. The Labute approximate surface area is 123 Å². The van der Waals surface area contributed by atoms with Gasteiger partial charge >= 0.3 is 0 Å². The van der Waals surface area contributed by atoms with Crippen molar-refractivity contribution in [2.45, 2.75) is 25.3 Å². The van der Waals surface area contributed by atoms with Crippen LogP contribution in [-0.2, 0) is 16.6 Å². The lowest BCUT2D eigenvalue weighted by Gasteiger charge is -2.06. The normalized spacial score (nSPS) is 11.3. The highest BCUT2D eigenvalue weighted by Crippen LogP contribution is 2.11. The van der Waals surface area contributed by atoms with Crippen LogP contribution in [0.4, 0.5) is 0 Å². The summed E-state index contributed by atoms with van der Waals surface area (Å²) in [4.78, 5) is 11.3. The molecule has 0 saturated heterocycles. The maximum Gasteiger partial charge on any atom is 0.240 e. The first-order chi connectivity index (χ1) is 9.88. The van der Waals surface area contributed by atoms with Crippen LogP contribution in [0.15, 0.2) is 41.3 Å². The molecule has 1 aromatic heterocycles. The second kappa shape index (κ2) is 6.11. The lowest BCUT2D eigenvalue weighted by Crippen LogP contribution is -2.24. The van der Waals surface area contributed by atoms with E-state index in [2.05, 4.69) is 14.9 Å². The topological polar surface area (TPSA) is 89.0 Å². The smallest absolute Gasteiger partial charge is 0.240 e. The minimum absolute atomic E-state index is 0.0596. The van der Waals surface area contributed by atoms with Gasteiger partial charge in [-0.15, -0.1) is 0 Å². The number of nitrogens with one attached hydrogen (secondary N) is 1. The van der Waals surface area contributed by atoms with Gasteiger partial charge in [0.1, 0.15) is 0 Å². The Hall–Kier alpha value is -2.12. The van der Waals surface area contributed by atoms with Crippen LogP contribution in [0.5, 0.6) is 0 Å². The molecule has 0 unspecified atom stereocenters. The first-order valence-electron chi connectivity index (χ1n) is 6.28. The van der Waals surface area contributed by atoms with Crippen molar-refractivity contribution in [1.82, 2.24) is 14.9 Å². The van der Waals surface area contributed by atoms with Crippen LogP contribution in [-0.4, -0.2) is 24.4 Å². The zero-order valence-corrected chi connectivity index (χ0v) is 12.5. The number of aryl methyl sites for hydroxylation is 1. The van der Waals surface area contributed by atoms with Gasteiger partial charge in [-0.1, -0.05) is 12.1 Å². The number of carbonyl (C=O) groups is 1. The van der Waals surface area contributed by atoms with Crippen LogP contribution < -0.4 is 4.72 Å². The van der Waals surface area contributed by atoms with E-state index in [4.69, 9.17) is 0 Å². The minimum atomic E-state index is -3.64. The number of hydrogen-bond acceptors (Lipinski definition) is 5. The standard InChI is InChI=1S/C14H15N3O3S/c1-10-3-6-13(17-16-10)9-15-21(19,20)14-7-4-12(5-8-14)11(2)18/h3-8,15H,9H2,1-2H3. The Morgan fingerprint density at radius 3 is 2.29 bits per heavy atom. The maximum atomic E-state index is 12.1. The molecule has 0 aliphatic carbocycles. The predicted octanol–water partition coefficient (Wildman–Crippen LogP) is 1.47. The summed E-state index contributed by atoms with van der Waals surface area (Å²) < 4.78 is 26.7. The van der Waals surface area contributed by atoms with Crippen molar-refractivity contribution in [3.05, 3.63) is 53.3 Å². The summed E-state index contributed by atoms with van der Waals surface area (Å²) >= 11 is 0. The molecule has 0 aliphatic rings. The number of nitrogens with zero attached hydrogens (tertiary/aromatic N) is 2. The first-order valence-corrected chi connectivity index (χ1v) is 7.77.